The van der Waals surface area contributed by atoms with Crippen LogP contribution in [0.25, 0.3) is 42.9 Å². The van der Waals surface area contributed by atoms with Crippen molar-refractivity contribution < 1.29 is 18.4 Å². The number of nitrogens with one attached hydrogen (secondary N) is 1. The number of pyridine rings is 1. The third-order valence-electron chi connectivity index (χ3n) is 6.34. The number of halogens is 2. The van der Waals surface area contributed by atoms with E-state index < -0.39 is 16.9 Å². The number of fused-ring (bicyclic) bond motifs is 3. The van der Waals surface area contributed by atoms with E-state index in [1.165, 1.54) is 24.1 Å². The minimum Gasteiger partial charge on any atom is -0.496 e. The van der Waals surface area contributed by atoms with E-state index in [1.54, 1.807) is 42.5 Å². The molecular weight excluding hydrogens is 542 g/mol. The number of ether oxygens (including phenoxy) is 1. The molecule has 0 saturated heterocycles. The lowest BCUT2D eigenvalue weighted by atomic mass is 10.0. The van der Waals surface area contributed by atoms with Crippen molar-refractivity contribution in [3.63, 3.8) is 0 Å². The zero-order valence-corrected chi connectivity index (χ0v) is 21.5. The van der Waals surface area contributed by atoms with Crippen LogP contribution in [0.2, 0.25) is 0 Å². The number of H-pyrrole nitrogens is 1. The van der Waals surface area contributed by atoms with Crippen LogP contribution in [0.1, 0.15) is 17.7 Å². The third kappa shape index (κ3) is 4.45. The Balaban J connectivity index is 1.52. The van der Waals surface area contributed by atoms with Crippen molar-refractivity contribution in [3.05, 3.63) is 98.7 Å². The van der Waals surface area contributed by atoms with Gasteiger partial charge in [0.1, 0.15) is 39.2 Å². The number of hydrogen-bond donors (Lipinski definition) is 1. The molecule has 4 aromatic heterocycles. The number of methoxy groups -OCH3 is 1. The number of benzene rings is 2. The highest BCUT2D eigenvalue weighted by Crippen LogP contribution is 2.39. The van der Waals surface area contributed by atoms with E-state index in [2.05, 4.69) is 15.1 Å². The summed E-state index contributed by atoms with van der Waals surface area (Å²) in [7, 11) is 1.50. The van der Waals surface area contributed by atoms with Gasteiger partial charge in [0, 0.05) is 16.5 Å². The van der Waals surface area contributed by atoms with Gasteiger partial charge in [-0.3, -0.25) is 19.6 Å². The van der Waals surface area contributed by atoms with Gasteiger partial charge in [-0.25, -0.2) is 18.7 Å². The molecule has 2 aromatic carbocycles. The van der Waals surface area contributed by atoms with Crippen molar-refractivity contribution in [2.45, 2.75) is 13.0 Å². The average molecular weight is 561 g/mol. The molecule has 0 amide bonds. The van der Waals surface area contributed by atoms with E-state index in [4.69, 9.17) is 9.72 Å². The van der Waals surface area contributed by atoms with E-state index in [-0.39, 0.29) is 33.3 Å². The van der Waals surface area contributed by atoms with E-state index in [1.807, 2.05) is 6.07 Å². The zero-order valence-electron chi connectivity index (χ0n) is 20.7. The van der Waals surface area contributed by atoms with Crippen molar-refractivity contribution in [2.75, 3.05) is 7.11 Å². The van der Waals surface area contributed by atoms with Crippen molar-refractivity contribution >= 4 is 37.5 Å². The number of nitrogens with zero attached hydrogens (tertiary/aromatic N) is 5. The van der Waals surface area contributed by atoms with Gasteiger partial charge in [-0.1, -0.05) is 30.3 Å². The highest BCUT2D eigenvalue weighted by atomic mass is 32.1. The summed E-state index contributed by atoms with van der Waals surface area (Å²) in [6.45, 7) is 0.164. The summed E-state index contributed by atoms with van der Waals surface area (Å²) in [5.74, 6) is 0.769. The summed E-state index contributed by atoms with van der Waals surface area (Å²) in [4.78, 5) is 35.7. The van der Waals surface area contributed by atoms with E-state index in [9.17, 15) is 23.7 Å². The van der Waals surface area contributed by atoms with Crippen LogP contribution < -0.4 is 10.3 Å². The Morgan fingerprint density at radius 1 is 1.12 bits per heavy atom. The molecule has 0 spiro atoms. The van der Waals surface area contributed by atoms with Crippen molar-refractivity contribution in [1.29, 1.82) is 0 Å². The molecule has 1 N–H and O–H groups in total. The lowest BCUT2D eigenvalue weighted by Gasteiger charge is -2.11. The number of aromatic nitrogens is 5. The average Bonchev–Trinajstić information content (AvgIpc) is 3.58. The molecule has 10 nitrogen and oxygen atoms in total. The molecule has 6 rings (SSSR count). The Kier molecular flexibility index (Phi) is 6.27. The van der Waals surface area contributed by atoms with Crippen LogP contribution in [0.3, 0.4) is 0 Å². The van der Waals surface area contributed by atoms with Gasteiger partial charge in [-0.05, 0) is 35.4 Å². The molecule has 200 valence electrons. The van der Waals surface area contributed by atoms with Crippen LogP contribution in [0.5, 0.6) is 5.75 Å². The number of aromatic amines is 1. The summed E-state index contributed by atoms with van der Waals surface area (Å²) in [6.07, 6.45) is -0.322. The minimum absolute atomic E-state index is 0.145. The number of rotatable bonds is 7. The zero-order chi connectivity index (χ0) is 28.0. The molecular formula is C27H18F2N6O4S. The third-order valence-corrected chi connectivity index (χ3v) is 7.42. The molecule has 0 saturated carbocycles. The first-order chi connectivity index (χ1) is 19.3. The maximum atomic E-state index is 13.7. The van der Waals surface area contributed by atoms with Crippen LogP contribution >= 0.6 is 11.3 Å². The van der Waals surface area contributed by atoms with Crippen molar-refractivity contribution in [2.24, 2.45) is 0 Å². The summed E-state index contributed by atoms with van der Waals surface area (Å²) in [5.41, 5.74) is 1.79. The molecule has 0 aliphatic carbocycles. The van der Waals surface area contributed by atoms with Crippen LogP contribution in [0.4, 0.5) is 14.5 Å². The Morgan fingerprint density at radius 2 is 1.93 bits per heavy atom. The quantitative estimate of drug-likeness (QED) is 0.188. The number of alkyl halides is 2. The lowest BCUT2D eigenvalue weighted by Crippen LogP contribution is -2.08. The first kappa shape index (κ1) is 25.2. The van der Waals surface area contributed by atoms with Gasteiger partial charge in [-0.15, -0.1) is 11.3 Å². The van der Waals surface area contributed by atoms with Crippen molar-refractivity contribution in [1.82, 2.24) is 24.7 Å². The Hall–Kier alpha value is -5.04. The Morgan fingerprint density at radius 3 is 2.62 bits per heavy atom. The van der Waals surface area contributed by atoms with E-state index in [0.29, 0.717) is 38.9 Å². The molecule has 0 fully saturated rings. The predicted octanol–water partition coefficient (Wildman–Crippen LogP) is 5.97. The number of thiophene rings is 1. The number of nitro groups is 1. The largest absolute Gasteiger partial charge is 0.496 e. The van der Waals surface area contributed by atoms with Crippen LogP contribution in [-0.4, -0.2) is 36.8 Å². The smallest absolute Gasteiger partial charge is 0.307 e. The molecule has 13 heteroatoms. The summed E-state index contributed by atoms with van der Waals surface area (Å²) < 4.78 is 34.6. The summed E-state index contributed by atoms with van der Waals surface area (Å²) >= 11 is 1.01. The maximum absolute atomic E-state index is 13.7. The monoisotopic (exact) mass is 560 g/mol. The maximum Gasteiger partial charge on any atom is 0.307 e. The first-order valence-corrected chi connectivity index (χ1v) is 12.7. The fourth-order valence-corrected chi connectivity index (χ4v) is 5.56. The van der Waals surface area contributed by atoms with E-state index in [0.717, 1.165) is 17.5 Å². The predicted molar refractivity (Wildman–Crippen MR) is 146 cm³/mol. The number of hydrogen-bond acceptors (Lipinski definition) is 8. The fraction of sp³-hybridized carbons (Fsp3) is 0.111. The first-order valence-electron chi connectivity index (χ1n) is 11.9. The standard InChI is InChI=1S/C27H18F2N6O4S/c1-39-20-8-7-15(9-16(20)12-34-13-17(11-30-34)35(37)38)25-32-22-21-18(14-5-3-2-4-6-14)10-19(24(28)29)31-27(21)40-23(22)26(36)33-25/h2-11,13,24H,12H2,1H3,(H,32,33,36). The topological polar surface area (TPSA) is 129 Å². The molecule has 40 heavy (non-hydrogen) atoms. The Labute approximate surface area is 227 Å². The molecule has 0 aliphatic rings. The molecule has 4 heterocycles. The molecule has 0 unspecified atom stereocenters. The molecule has 0 radical (unpaired) electrons. The van der Waals surface area contributed by atoms with Gasteiger partial charge in [0.25, 0.3) is 12.0 Å². The van der Waals surface area contributed by atoms with Crippen LogP contribution in [0.15, 0.2) is 71.8 Å². The fourth-order valence-electron chi connectivity index (χ4n) is 4.52. The van der Waals surface area contributed by atoms with Gasteiger partial charge in [-0.2, -0.15) is 5.10 Å². The second-order valence-corrected chi connectivity index (χ2v) is 9.81. The highest BCUT2D eigenvalue weighted by Gasteiger charge is 2.21. The van der Waals surface area contributed by atoms with Gasteiger partial charge < -0.3 is 9.72 Å². The Bertz CT molecular complexity index is 1970. The van der Waals surface area contributed by atoms with Crippen LogP contribution in [-0.2, 0) is 6.54 Å². The van der Waals surface area contributed by atoms with E-state index >= 15 is 0 Å². The summed E-state index contributed by atoms with van der Waals surface area (Å²) in [5, 5.41) is 15.6. The van der Waals surface area contributed by atoms with Gasteiger partial charge >= 0.3 is 5.69 Å². The minimum atomic E-state index is -2.78. The second-order valence-electron chi connectivity index (χ2n) is 8.82. The van der Waals surface area contributed by atoms with Gasteiger partial charge in [0.15, 0.2) is 0 Å². The lowest BCUT2D eigenvalue weighted by molar-refractivity contribution is -0.385. The normalized spacial score (nSPS) is 11.5. The second kappa shape index (κ2) is 9.93. The summed E-state index contributed by atoms with van der Waals surface area (Å²) in [6, 6.07) is 15.5. The molecule has 0 bridgehead atoms. The molecule has 0 atom stereocenters. The highest BCUT2D eigenvalue weighted by molar-refractivity contribution is 7.25. The van der Waals surface area contributed by atoms with Crippen molar-refractivity contribution in [3.8, 4) is 28.3 Å². The van der Waals surface area contributed by atoms with Gasteiger partial charge in [0.2, 0.25) is 0 Å². The molecule has 0 aliphatic heterocycles. The SMILES string of the molecule is COc1ccc(-c2nc3c(sc4nc(C(F)F)cc(-c5ccccc5)c43)c(=O)[nH]2)cc1Cn1cc([N+](=O)[O-])cn1. The van der Waals surface area contributed by atoms with Crippen LogP contribution in [0, 0.1) is 10.1 Å². The molecule has 6 aromatic rings. The van der Waals surface area contributed by atoms with Gasteiger partial charge in [0.05, 0.1) is 24.1 Å².